The second-order valence-corrected chi connectivity index (χ2v) is 4.01. The molecule has 0 radical (unpaired) electrons. The summed E-state index contributed by atoms with van der Waals surface area (Å²) in [6, 6.07) is 1.35. The van der Waals surface area contributed by atoms with Gasteiger partial charge in [0, 0.05) is 18.6 Å². The Balaban J connectivity index is 3.90. The maximum absolute atomic E-state index is 3.43. The SMILES string of the molecule is CCCC(CNCC)N(C)C(C)C. The molecule has 0 bridgehead atoms. The minimum Gasteiger partial charge on any atom is -0.315 e. The van der Waals surface area contributed by atoms with Crippen LogP contribution in [0.2, 0.25) is 0 Å². The molecule has 0 saturated heterocycles. The van der Waals surface area contributed by atoms with Gasteiger partial charge in [0.1, 0.15) is 0 Å². The molecule has 1 N–H and O–H groups in total. The Morgan fingerprint density at radius 3 is 2.23 bits per heavy atom. The Morgan fingerprint density at radius 1 is 1.23 bits per heavy atom. The van der Waals surface area contributed by atoms with Gasteiger partial charge in [0.15, 0.2) is 0 Å². The van der Waals surface area contributed by atoms with Crippen LogP contribution >= 0.6 is 0 Å². The molecule has 1 atom stereocenters. The molecule has 0 aliphatic carbocycles. The highest BCUT2D eigenvalue weighted by Gasteiger charge is 2.15. The zero-order valence-electron chi connectivity index (χ0n) is 9.93. The summed E-state index contributed by atoms with van der Waals surface area (Å²) in [6.45, 7) is 11.1. The summed E-state index contributed by atoms with van der Waals surface area (Å²) < 4.78 is 0. The molecule has 0 rings (SSSR count). The molecule has 0 aliphatic heterocycles. The highest BCUT2D eigenvalue weighted by molar-refractivity contribution is 4.73. The topological polar surface area (TPSA) is 15.3 Å². The first-order valence-corrected chi connectivity index (χ1v) is 5.56. The largest absolute Gasteiger partial charge is 0.315 e. The van der Waals surface area contributed by atoms with Crippen molar-refractivity contribution in [2.45, 2.75) is 52.6 Å². The minimum absolute atomic E-state index is 0.648. The van der Waals surface area contributed by atoms with Crippen LogP contribution in [-0.4, -0.2) is 37.1 Å². The molecule has 2 nitrogen and oxygen atoms in total. The van der Waals surface area contributed by atoms with Crippen molar-refractivity contribution in [3.63, 3.8) is 0 Å². The first kappa shape index (κ1) is 12.9. The van der Waals surface area contributed by atoms with Crippen molar-refractivity contribution in [1.82, 2.24) is 10.2 Å². The summed E-state index contributed by atoms with van der Waals surface area (Å²) in [5.41, 5.74) is 0. The molecule has 2 heteroatoms. The van der Waals surface area contributed by atoms with Gasteiger partial charge < -0.3 is 5.32 Å². The number of hydrogen-bond acceptors (Lipinski definition) is 2. The van der Waals surface area contributed by atoms with E-state index in [2.05, 4.69) is 45.0 Å². The summed E-state index contributed by atoms with van der Waals surface area (Å²) in [5, 5.41) is 3.43. The zero-order valence-corrected chi connectivity index (χ0v) is 9.93. The van der Waals surface area contributed by atoms with Crippen molar-refractivity contribution in [2.24, 2.45) is 0 Å². The lowest BCUT2D eigenvalue weighted by Gasteiger charge is -2.31. The van der Waals surface area contributed by atoms with Gasteiger partial charge >= 0.3 is 0 Å². The van der Waals surface area contributed by atoms with Crippen LogP contribution in [0, 0.1) is 0 Å². The van der Waals surface area contributed by atoms with Crippen LogP contribution < -0.4 is 5.32 Å². The highest BCUT2D eigenvalue weighted by atomic mass is 15.2. The monoisotopic (exact) mass is 186 g/mol. The third kappa shape index (κ3) is 5.27. The second-order valence-electron chi connectivity index (χ2n) is 4.01. The summed E-state index contributed by atoms with van der Waals surface area (Å²) in [7, 11) is 2.22. The van der Waals surface area contributed by atoms with Gasteiger partial charge in [-0.3, -0.25) is 4.90 Å². The lowest BCUT2D eigenvalue weighted by molar-refractivity contribution is 0.181. The van der Waals surface area contributed by atoms with E-state index in [1.807, 2.05) is 0 Å². The van der Waals surface area contributed by atoms with Gasteiger partial charge in [-0.2, -0.15) is 0 Å². The van der Waals surface area contributed by atoms with Gasteiger partial charge in [-0.15, -0.1) is 0 Å². The quantitative estimate of drug-likeness (QED) is 0.655. The van der Waals surface area contributed by atoms with E-state index in [-0.39, 0.29) is 0 Å². The van der Waals surface area contributed by atoms with E-state index in [1.165, 1.54) is 12.8 Å². The van der Waals surface area contributed by atoms with Crippen molar-refractivity contribution in [3.8, 4) is 0 Å². The molecule has 0 aromatic carbocycles. The van der Waals surface area contributed by atoms with Crippen LogP contribution in [0.5, 0.6) is 0 Å². The van der Waals surface area contributed by atoms with Crippen LogP contribution in [0.15, 0.2) is 0 Å². The van der Waals surface area contributed by atoms with E-state index in [0.29, 0.717) is 12.1 Å². The molecule has 0 aromatic heterocycles. The minimum atomic E-state index is 0.648. The molecular weight excluding hydrogens is 160 g/mol. The van der Waals surface area contributed by atoms with Gasteiger partial charge in [0.2, 0.25) is 0 Å². The Morgan fingerprint density at radius 2 is 1.85 bits per heavy atom. The first-order valence-electron chi connectivity index (χ1n) is 5.56. The van der Waals surface area contributed by atoms with E-state index < -0.39 is 0 Å². The molecule has 13 heavy (non-hydrogen) atoms. The zero-order chi connectivity index (χ0) is 10.3. The number of likely N-dealkylation sites (N-methyl/N-ethyl adjacent to an activating group) is 2. The van der Waals surface area contributed by atoms with Gasteiger partial charge in [-0.25, -0.2) is 0 Å². The summed E-state index contributed by atoms with van der Waals surface area (Å²) in [6.07, 6.45) is 2.56. The van der Waals surface area contributed by atoms with Crippen molar-refractivity contribution >= 4 is 0 Å². The Kier molecular flexibility index (Phi) is 7.29. The van der Waals surface area contributed by atoms with Crippen LogP contribution in [0.3, 0.4) is 0 Å². The average Bonchev–Trinajstić information content (AvgIpc) is 2.11. The molecule has 0 heterocycles. The summed E-state index contributed by atoms with van der Waals surface area (Å²) in [4.78, 5) is 2.46. The van der Waals surface area contributed by atoms with Gasteiger partial charge in [0.25, 0.3) is 0 Å². The van der Waals surface area contributed by atoms with Crippen molar-refractivity contribution in [3.05, 3.63) is 0 Å². The van der Waals surface area contributed by atoms with Crippen LogP contribution in [0.4, 0.5) is 0 Å². The Labute approximate surface area is 83.7 Å². The van der Waals surface area contributed by atoms with Crippen LogP contribution in [0.1, 0.15) is 40.5 Å². The molecule has 0 aromatic rings. The number of nitrogens with one attached hydrogen (secondary N) is 1. The highest BCUT2D eigenvalue weighted by Crippen LogP contribution is 2.07. The number of hydrogen-bond donors (Lipinski definition) is 1. The van der Waals surface area contributed by atoms with Gasteiger partial charge in [-0.1, -0.05) is 20.3 Å². The maximum Gasteiger partial charge on any atom is 0.0220 e. The number of nitrogens with zero attached hydrogens (tertiary/aromatic N) is 1. The predicted molar refractivity (Wildman–Crippen MR) is 60.1 cm³/mol. The molecule has 0 spiro atoms. The van der Waals surface area contributed by atoms with Crippen LogP contribution in [-0.2, 0) is 0 Å². The fourth-order valence-electron chi connectivity index (χ4n) is 1.52. The summed E-state index contributed by atoms with van der Waals surface area (Å²) in [5.74, 6) is 0. The fraction of sp³-hybridized carbons (Fsp3) is 1.00. The fourth-order valence-corrected chi connectivity index (χ4v) is 1.52. The van der Waals surface area contributed by atoms with Crippen molar-refractivity contribution < 1.29 is 0 Å². The molecule has 0 amide bonds. The van der Waals surface area contributed by atoms with Crippen molar-refractivity contribution in [2.75, 3.05) is 20.1 Å². The maximum atomic E-state index is 3.43. The molecule has 0 saturated carbocycles. The smallest absolute Gasteiger partial charge is 0.0220 e. The third-order valence-corrected chi connectivity index (χ3v) is 2.64. The molecular formula is C11H26N2. The van der Waals surface area contributed by atoms with Gasteiger partial charge in [0.05, 0.1) is 0 Å². The Bertz CT molecular complexity index is 113. The van der Waals surface area contributed by atoms with E-state index in [1.54, 1.807) is 0 Å². The predicted octanol–water partition coefficient (Wildman–Crippen LogP) is 2.10. The first-order chi connectivity index (χ1) is 6.13. The average molecular weight is 186 g/mol. The van der Waals surface area contributed by atoms with Crippen LogP contribution in [0.25, 0.3) is 0 Å². The molecule has 80 valence electrons. The molecule has 0 fully saturated rings. The summed E-state index contributed by atoms with van der Waals surface area (Å²) >= 11 is 0. The lowest BCUT2D eigenvalue weighted by atomic mass is 10.1. The Hall–Kier alpha value is -0.0800. The third-order valence-electron chi connectivity index (χ3n) is 2.64. The number of rotatable bonds is 7. The lowest BCUT2D eigenvalue weighted by Crippen LogP contribution is -2.43. The van der Waals surface area contributed by atoms with E-state index in [0.717, 1.165) is 13.1 Å². The molecule has 1 unspecified atom stereocenters. The second kappa shape index (κ2) is 7.34. The van der Waals surface area contributed by atoms with Gasteiger partial charge in [-0.05, 0) is 33.9 Å². The van der Waals surface area contributed by atoms with E-state index >= 15 is 0 Å². The van der Waals surface area contributed by atoms with E-state index in [4.69, 9.17) is 0 Å². The van der Waals surface area contributed by atoms with Crippen molar-refractivity contribution in [1.29, 1.82) is 0 Å². The van der Waals surface area contributed by atoms with E-state index in [9.17, 15) is 0 Å². The standard InChI is InChI=1S/C11H26N2/c1-6-8-11(9-12-7-2)13(5)10(3)4/h10-12H,6-9H2,1-5H3. The molecule has 0 aliphatic rings. The normalized spacial score (nSPS) is 14.1.